The molecule has 5 heteroatoms. The minimum absolute atomic E-state index is 0.102. The Morgan fingerprint density at radius 3 is 2.14 bits per heavy atom. The standard InChI is InChI=1S/C24H32N4O/c29-24(25-22-8-10-23(11-9-22)28-13-4-5-14-28)12-15-26-16-18-27(19-17-26)20-21-6-2-1-3-7-21/h1-3,6-11H,4-5,12-20H2,(H,25,29). The van der Waals surface area contributed by atoms with Gasteiger partial charge in [0.25, 0.3) is 0 Å². The molecule has 2 saturated heterocycles. The van der Waals surface area contributed by atoms with Crippen LogP contribution in [-0.2, 0) is 11.3 Å². The van der Waals surface area contributed by atoms with Crippen molar-refractivity contribution in [1.29, 1.82) is 0 Å². The maximum atomic E-state index is 12.3. The molecule has 2 aliphatic rings. The molecule has 2 aromatic carbocycles. The van der Waals surface area contributed by atoms with Gasteiger partial charge in [0.05, 0.1) is 0 Å². The summed E-state index contributed by atoms with van der Waals surface area (Å²) in [5.41, 5.74) is 3.52. The average molecular weight is 393 g/mol. The van der Waals surface area contributed by atoms with E-state index in [0.717, 1.165) is 58.0 Å². The number of hydrogen-bond donors (Lipinski definition) is 1. The Morgan fingerprint density at radius 2 is 1.45 bits per heavy atom. The van der Waals surface area contributed by atoms with Crippen molar-refractivity contribution in [2.45, 2.75) is 25.8 Å². The molecule has 0 saturated carbocycles. The van der Waals surface area contributed by atoms with Gasteiger partial charge in [0.2, 0.25) is 5.91 Å². The van der Waals surface area contributed by atoms with Crippen LogP contribution in [-0.4, -0.2) is 61.5 Å². The van der Waals surface area contributed by atoms with Gasteiger partial charge in [-0.05, 0) is 42.7 Å². The Hall–Kier alpha value is -2.37. The minimum atomic E-state index is 0.102. The Balaban J connectivity index is 1.15. The number of benzene rings is 2. The largest absolute Gasteiger partial charge is 0.372 e. The molecule has 0 aromatic heterocycles. The highest BCUT2D eigenvalue weighted by atomic mass is 16.1. The van der Waals surface area contributed by atoms with Gasteiger partial charge < -0.3 is 15.1 Å². The van der Waals surface area contributed by atoms with E-state index in [0.29, 0.717) is 6.42 Å². The second kappa shape index (κ2) is 9.90. The molecule has 2 heterocycles. The van der Waals surface area contributed by atoms with Crippen LogP contribution >= 0.6 is 0 Å². The van der Waals surface area contributed by atoms with Crippen molar-refractivity contribution >= 4 is 17.3 Å². The molecule has 0 aliphatic carbocycles. The van der Waals surface area contributed by atoms with E-state index in [1.54, 1.807) is 0 Å². The molecule has 2 aliphatic heterocycles. The number of rotatable bonds is 7. The molecule has 154 valence electrons. The summed E-state index contributed by atoms with van der Waals surface area (Å²) in [6, 6.07) is 18.9. The molecular formula is C24H32N4O. The zero-order valence-electron chi connectivity index (χ0n) is 17.2. The maximum absolute atomic E-state index is 12.3. The number of nitrogens with one attached hydrogen (secondary N) is 1. The fourth-order valence-electron chi connectivity index (χ4n) is 4.23. The lowest BCUT2D eigenvalue weighted by Crippen LogP contribution is -2.46. The molecule has 2 aromatic rings. The Bertz CT molecular complexity index is 763. The third-order valence-corrected chi connectivity index (χ3v) is 5.99. The molecule has 0 bridgehead atoms. The van der Waals surface area contributed by atoms with Crippen LogP contribution < -0.4 is 10.2 Å². The number of nitrogens with zero attached hydrogens (tertiary/aromatic N) is 3. The second-order valence-electron chi connectivity index (χ2n) is 8.14. The van der Waals surface area contributed by atoms with Crippen LogP contribution in [0.3, 0.4) is 0 Å². The van der Waals surface area contributed by atoms with E-state index < -0.39 is 0 Å². The molecule has 1 amide bonds. The monoisotopic (exact) mass is 392 g/mol. The van der Waals surface area contributed by atoms with Crippen LogP contribution in [0.15, 0.2) is 54.6 Å². The zero-order chi connectivity index (χ0) is 19.9. The van der Waals surface area contributed by atoms with Gasteiger partial charge in [0.1, 0.15) is 0 Å². The van der Waals surface area contributed by atoms with Gasteiger partial charge in [0.15, 0.2) is 0 Å². The third-order valence-electron chi connectivity index (χ3n) is 5.99. The third kappa shape index (κ3) is 5.81. The molecule has 1 N–H and O–H groups in total. The van der Waals surface area contributed by atoms with E-state index in [-0.39, 0.29) is 5.91 Å². The van der Waals surface area contributed by atoms with Crippen molar-refractivity contribution in [2.24, 2.45) is 0 Å². The summed E-state index contributed by atoms with van der Waals surface area (Å²) in [6.07, 6.45) is 3.10. The first-order valence-corrected chi connectivity index (χ1v) is 10.9. The van der Waals surface area contributed by atoms with Gasteiger partial charge >= 0.3 is 0 Å². The second-order valence-corrected chi connectivity index (χ2v) is 8.14. The summed E-state index contributed by atoms with van der Waals surface area (Å²) < 4.78 is 0. The Morgan fingerprint density at radius 1 is 0.793 bits per heavy atom. The summed E-state index contributed by atoms with van der Waals surface area (Å²) in [4.78, 5) is 19.6. The molecule has 2 fully saturated rings. The van der Waals surface area contributed by atoms with E-state index in [9.17, 15) is 4.79 Å². The highest BCUT2D eigenvalue weighted by Gasteiger charge is 2.18. The molecule has 0 radical (unpaired) electrons. The van der Waals surface area contributed by atoms with Gasteiger partial charge in [-0.2, -0.15) is 0 Å². The van der Waals surface area contributed by atoms with Crippen LogP contribution in [0.5, 0.6) is 0 Å². The smallest absolute Gasteiger partial charge is 0.225 e. The highest BCUT2D eigenvalue weighted by Crippen LogP contribution is 2.22. The van der Waals surface area contributed by atoms with E-state index in [1.165, 1.54) is 24.1 Å². The molecular weight excluding hydrogens is 360 g/mol. The van der Waals surface area contributed by atoms with Crippen LogP contribution in [0.25, 0.3) is 0 Å². The number of amides is 1. The molecule has 4 rings (SSSR count). The summed E-state index contributed by atoms with van der Waals surface area (Å²) >= 11 is 0. The number of anilines is 2. The predicted octanol–water partition coefficient (Wildman–Crippen LogP) is 3.43. The molecule has 0 atom stereocenters. The van der Waals surface area contributed by atoms with Gasteiger partial charge in [-0.3, -0.25) is 9.69 Å². The van der Waals surface area contributed by atoms with Crippen molar-refractivity contribution in [3.05, 3.63) is 60.2 Å². The van der Waals surface area contributed by atoms with Crippen molar-refractivity contribution in [1.82, 2.24) is 9.80 Å². The number of carbonyl (C=O) groups is 1. The first-order chi connectivity index (χ1) is 14.3. The summed E-state index contributed by atoms with van der Waals surface area (Å²) in [7, 11) is 0. The lowest BCUT2D eigenvalue weighted by Gasteiger charge is -2.34. The summed E-state index contributed by atoms with van der Waals surface area (Å²) in [5.74, 6) is 0.102. The van der Waals surface area contributed by atoms with Gasteiger partial charge in [-0.1, -0.05) is 30.3 Å². The van der Waals surface area contributed by atoms with Crippen LogP contribution in [0, 0.1) is 0 Å². The summed E-state index contributed by atoms with van der Waals surface area (Å²) in [6.45, 7) is 8.33. The maximum Gasteiger partial charge on any atom is 0.225 e. The fourth-order valence-corrected chi connectivity index (χ4v) is 4.23. The quantitative estimate of drug-likeness (QED) is 0.784. The highest BCUT2D eigenvalue weighted by molar-refractivity contribution is 5.91. The Kier molecular flexibility index (Phi) is 6.80. The van der Waals surface area contributed by atoms with E-state index in [1.807, 2.05) is 12.1 Å². The van der Waals surface area contributed by atoms with E-state index in [2.05, 4.69) is 62.5 Å². The summed E-state index contributed by atoms with van der Waals surface area (Å²) in [5, 5.41) is 3.05. The fraction of sp³-hybridized carbons (Fsp3) is 0.458. The van der Waals surface area contributed by atoms with Crippen LogP contribution in [0.4, 0.5) is 11.4 Å². The Labute approximate surface area is 174 Å². The van der Waals surface area contributed by atoms with Gasteiger partial charge in [-0.25, -0.2) is 0 Å². The first-order valence-electron chi connectivity index (χ1n) is 10.9. The number of carbonyl (C=O) groups excluding carboxylic acids is 1. The lowest BCUT2D eigenvalue weighted by atomic mass is 10.2. The van der Waals surface area contributed by atoms with Gasteiger partial charge in [0, 0.05) is 70.2 Å². The lowest BCUT2D eigenvalue weighted by molar-refractivity contribution is -0.116. The minimum Gasteiger partial charge on any atom is -0.372 e. The van der Waals surface area contributed by atoms with Crippen molar-refractivity contribution < 1.29 is 4.79 Å². The topological polar surface area (TPSA) is 38.8 Å². The normalized spacial score (nSPS) is 18.1. The molecule has 29 heavy (non-hydrogen) atoms. The first kappa shape index (κ1) is 19.9. The van der Waals surface area contributed by atoms with Crippen LogP contribution in [0.2, 0.25) is 0 Å². The van der Waals surface area contributed by atoms with Crippen molar-refractivity contribution in [3.8, 4) is 0 Å². The van der Waals surface area contributed by atoms with Crippen molar-refractivity contribution in [3.63, 3.8) is 0 Å². The van der Waals surface area contributed by atoms with E-state index >= 15 is 0 Å². The molecule has 0 unspecified atom stereocenters. The van der Waals surface area contributed by atoms with Crippen molar-refractivity contribution in [2.75, 3.05) is 56.0 Å². The van der Waals surface area contributed by atoms with Crippen LogP contribution in [0.1, 0.15) is 24.8 Å². The molecule has 0 spiro atoms. The number of hydrogen-bond acceptors (Lipinski definition) is 4. The predicted molar refractivity (Wildman–Crippen MR) is 119 cm³/mol. The van der Waals surface area contributed by atoms with E-state index in [4.69, 9.17) is 0 Å². The molecule has 5 nitrogen and oxygen atoms in total. The SMILES string of the molecule is O=C(CCN1CCN(Cc2ccccc2)CC1)Nc1ccc(N2CCCC2)cc1. The zero-order valence-corrected chi connectivity index (χ0v) is 17.2. The average Bonchev–Trinajstić information content (AvgIpc) is 3.30. The van der Waals surface area contributed by atoms with Gasteiger partial charge in [-0.15, -0.1) is 0 Å². The number of piperazine rings is 1.